The number of anilines is 2. The van der Waals surface area contributed by atoms with Crippen molar-refractivity contribution in [2.24, 2.45) is 0 Å². The van der Waals surface area contributed by atoms with E-state index in [-0.39, 0.29) is 29.6 Å². The molecule has 1 aliphatic heterocycles. The first-order valence-corrected chi connectivity index (χ1v) is 7.54. The van der Waals surface area contributed by atoms with Crippen LogP contribution in [0.3, 0.4) is 0 Å². The molecule has 3 aromatic rings. The van der Waals surface area contributed by atoms with E-state index >= 15 is 0 Å². The smallest absolute Gasteiger partial charge is 0.231 e. The predicted molar refractivity (Wildman–Crippen MR) is 93.7 cm³/mol. The summed E-state index contributed by atoms with van der Waals surface area (Å²) in [4.78, 5) is 4.51. The minimum absolute atomic E-state index is 0. The van der Waals surface area contributed by atoms with Crippen molar-refractivity contribution < 1.29 is 13.9 Å². The van der Waals surface area contributed by atoms with Gasteiger partial charge < -0.3 is 14.8 Å². The molecule has 7 heteroatoms. The molecular weight excluding hydrogens is 383 g/mol. The molecule has 0 atom stereocenters. The second kappa shape index (κ2) is 6.55. The maximum atomic E-state index is 13.0. The average molecular weight is 395 g/mol. The molecule has 0 fully saturated rings. The van der Waals surface area contributed by atoms with Gasteiger partial charge in [-0.1, -0.05) is 0 Å². The van der Waals surface area contributed by atoms with Gasteiger partial charge in [-0.15, -0.1) is 28.3 Å². The Morgan fingerprint density at radius 3 is 2.65 bits per heavy atom. The van der Waals surface area contributed by atoms with Crippen molar-refractivity contribution in [3.8, 4) is 22.8 Å². The third kappa shape index (κ3) is 3.30. The van der Waals surface area contributed by atoms with Crippen LogP contribution in [-0.2, 0) is 0 Å². The van der Waals surface area contributed by atoms with Crippen molar-refractivity contribution >= 4 is 39.1 Å². The van der Waals surface area contributed by atoms with Crippen LogP contribution in [0.1, 0.15) is 0 Å². The van der Waals surface area contributed by atoms with Crippen molar-refractivity contribution in [2.45, 2.75) is 0 Å². The molecule has 0 saturated heterocycles. The fourth-order valence-electron chi connectivity index (χ4n) is 2.18. The Balaban J connectivity index is 0.00000156. The van der Waals surface area contributed by atoms with Crippen LogP contribution in [0.5, 0.6) is 11.5 Å². The number of halogens is 2. The summed E-state index contributed by atoms with van der Waals surface area (Å²) in [6.45, 7) is 0.255. The van der Waals surface area contributed by atoms with Gasteiger partial charge >= 0.3 is 0 Å². The van der Waals surface area contributed by atoms with Crippen LogP contribution >= 0.6 is 28.3 Å². The molecular formula is C16H12BrFN2O2S. The number of aromatic nitrogens is 1. The van der Waals surface area contributed by atoms with Gasteiger partial charge in [0.1, 0.15) is 5.82 Å². The second-order valence-corrected chi connectivity index (χ2v) is 5.60. The zero-order valence-corrected chi connectivity index (χ0v) is 14.3. The summed E-state index contributed by atoms with van der Waals surface area (Å²) in [5, 5.41) is 5.93. The topological polar surface area (TPSA) is 43.4 Å². The normalized spacial score (nSPS) is 11.9. The van der Waals surface area contributed by atoms with Crippen LogP contribution < -0.4 is 14.8 Å². The third-order valence-electron chi connectivity index (χ3n) is 3.27. The molecule has 0 unspecified atom stereocenters. The number of fused-ring (bicyclic) bond motifs is 1. The molecule has 0 aliphatic carbocycles. The van der Waals surface area contributed by atoms with Gasteiger partial charge in [0.05, 0.1) is 5.69 Å². The first-order chi connectivity index (χ1) is 10.8. The van der Waals surface area contributed by atoms with E-state index in [4.69, 9.17) is 9.47 Å². The van der Waals surface area contributed by atoms with E-state index in [0.717, 1.165) is 33.6 Å². The number of rotatable bonds is 3. The Kier molecular flexibility index (Phi) is 4.49. The van der Waals surface area contributed by atoms with Gasteiger partial charge in [0.15, 0.2) is 16.6 Å². The summed E-state index contributed by atoms with van der Waals surface area (Å²) in [5.74, 6) is 1.22. The molecule has 4 rings (SSSR count). The second-order valence-electron chi connectivity index (χ2n) is 4.74. The number of hydrogen-bond donors (Lipinski definition) is 1. The van der Waals surface area contributed by atoms with Crippen LogP contribution in [0.15, 0.2) is 47.8 Å². The van der Waals surface area contributed by atoms with Gasteiger partial charge in [0, 0.05) is 22.7 Å². The number of hydrogen-bond acceptors (Lipinski definition) is 5. The Bertz CT molecular complexity index is 823. The van der Waals surface area contributed by atoms with Crippen LogP contribution in [0.2, 0.25) is 0 Å². The summed E-state index contributed by atoms with van der Waals surface area (Å²) in [6, 6.07) is 11.9. The lowest BCUT2D eigenvalue weighted by Crippen LogP contribution is -1.93. The zero-order chi connectivity index (χ0) is 14.9. The van der Waals surface area contributed by atoms with Crippen molar-refractivity contribution in [2.75, 3.05) is 12.1 Å². The van der Waals surface area contributed by atoms with Gasteiger partial charge in [0.2, 0.25) is 6.79 Å². The molecule has 2 heterocycles. The molecule has 1 aromatic heterocycles. The first kappa shape index (κ1) is 15.8. The molecule has 0 saturated carbocycles. The molecule has 4 nitrogen and oxygen atoms in total. The molecule has 0 radical (unpaired) electrons. The molecule has 1 N–H and O–H groups in total. The van der Waals surface area contributed by atoms with Gasteiger partial charge in [-0.3, -0.25) is 0 Å². The van der Waals surface area contributed by atoms with Gasteiger partial charge in [0.25, 0.3) is 0 Å². The fourth-order valence-corrected chi connectivity index (χ4v) is 2.92. The number of thiazole rings is 1. The van der Waals surface area contributed by atoms with Crippen molar-refractivity contribution in [1.82, 2.24) is 4.98 Å². The van der Waals surface area contributed by atoms with Crippen LogP contribution in [0.4, 0.5) is 15.2 Å². The van der Waals surface area contributed by atoms with E-state index in [1.165, 1.54) is 23.5 Å². The average Bonchev–Trinajstić information content (AvgIpc) is 3.17. The van der Waals surface area contributed by atoms with Crippen molar-refractivity contribution in [1.29, 1.82) is 0 Å². The highest BCUT2D eigenvalue weighted by Gasteiger charge is 2.13. The number of nitrogens with zero attached hydrogens (tertiary/aromatic N) is 1. The summed E-state index contributed by atoms with van der Waals surface area (Å²) < 4.78 is 23.6. The molecule has 0 spiro atoms. The van der Waals surface area contributed by atoms with Crippen LogP contribution in [-0.4, -0.2) is 11.8 Å². The molecule has 0 bridgehead atoms. The summed E-state index contributed by atoms with van der Waals surface area (Å²) in [7, 11) is 0. The van der Waals surface area contributed by atoms with Crippen LogP contribution in [0.25, 0.3) is 11.3 Å². The van der Waals surface area contributed by atoms with E-state index in [9.17, 15) is 4.39 Å². The SMILES string of the molecule is Br.Fc1ccc(-c2csc(Nc3ccc4c(c3)OCO4)n2)cc1. The standard InChI is InChI=1S/C16H11FN2O2S.BrH/c17-11-3-1-10(2-4-11)13-8-22-16(19-13)18-12-5-6-14-15(7-12)21-9-20-14;/h1-8H,9H2,(H,18,19);1H. The van der Waals surface area contributed by atoms with Gasteiger partial charge in [-0.25, -0.2) is 9.37 Å². The monoisotopic (exact) mass is 394 g/mol. The maximum absolute atomic E-state index is 13.0. The Morgan fingerprint density at radius 2 is 1.83 bits per heavy atom. The Morgan fingerprint density at radius 1 is 1.04 bits per heavy atom. The molecule has 23 heavy (non-hydrogen) atoms. The van der Waals surface area contributed by atoms with E-state index < -0.39 is 0 Å². The number of ether oxygens (including phenoxy) is 2. The Hall–Kier alpha value is -2.12. The first-order valence-electron chi connectivity index (χ1n) is 6.66. The maximum Gasteiger partial charge on any atom is 0.231 e. The quantitative estimate of drug-likeness (QED) is 0.678. The van der Waals surface area contributed by atoms with Crippen molar-refractivity contribution in [3.63, 3.8) is 0 Å². The lowest BCUT2D eigenvalue weighted by atomic mass is 10.2. The highest BCUT2D eigenvalue weighted by molar-refractivity contribution is 8.93. The van der Waals surface area contributed by atoms with Crippen molar-refractivity contribution in [3.05, 3.63) is 53.7 Å². The van der Waals surface area contributed by atoms with E-state index in [1.54, 1.807) is 12.1 Å². The van der Waals surface area contributed by atoms with Crippen LogP contribution in [0, 0.1) is 5.82 Å². The lowest BCUT2D eigenvalue weighted by molar-refractivity contribution is 0.174. The van der Waals surface area contributed by atoms with E-state index in [2.05, 4.69) is 10.3 Å². The van der Waals surface area contributed by atoms with E-state index in [0.29, 0.717) is 0 Å². The minimum atomic E-state index is -0.252. The third-order valence-corrected chi connectivity index (χ3v) is 4.03. The summed E-state index contributed by atoms with van der Waals surface area (Å²) >= 11 is 1.49. The fraction of sp³-hybridized carbons (Fsp3) is 0.0625. The van der Waals surface area contributed by atoms with Gasteiger partial charge in [-0.05, 0) is 36.4 Å². The summed E-state index contributed by atoms with van der Waals surface area (Å²) in [6.07, 6.45) is 0. The van der Waals surface area contributed by atoms with E-state index in [1.807, 2.05) is 23.6 Å². The number of nitrogens with one attached hydrogen (secondary N) is 1. The Labute approximate surface area is 146 Å². The highest BCUT2D eigenvalue weighted by Crippen LogP contribution is 2.35. The largest absolute Gasteiger partial charge is 0.454 e. The molecule has 118 valence electrons. The lowest BCUT2D eigenvalue weighted by Gasteiger charge is -2.03. The highest BCUT2D eigenvalue weighted by atomic mass is 79.9. The predicted octanol–water partition coefficient (Wildman–Crippen LogP) is 5.00. The molecule has 1 aliphatic rings. The minimum Gasteiger partial charge on any atom is -0.454 e. The molecule has 2 aromatic carbocycles. The van der Waals surface area contributed by atoms with Gasteiger partial charge in [-0.2, -0.15) is 0 Å². The number of benzene rings is 2. The zero-order valence-electron chi connectivity index (χ0n) is 11.8. The summed E-state index contributed by atoms with van der Waals surface area (Å²) in [5.41, 5.74) is 2.58. The molecule has 0 amide bonds.